The van der Waals surface area contributed by atoms with Crippen LogP contribution >= 0.6 is 11.8 Å². The maximum Gasteiger partial charge on any atom is 0.296 e. The molecule has 11 heteroatoms. The summed E-state index contributed by atoms with van der Waals surface area (Å²) in [5.41, 5.74) is 2.56. The molecule has 0 spiro atoms. The maximum atomic E-state index is 13.1. The number of amidine groups is 1. The summed E-state index contributed by atoms with van der Waals surface area (Å²) < 4.78 is 10.1. The van der Waals surface area contributed by atoms with Crippen LogP contribution in [0.25, 0.3) is 0 Å². The molecule has 0 aromatic heterocycles. The second kappa shape index (κ2) is 11.1. The van der Waals surface area contributed by atoms with Gasteiger partial charge in [0.1, 0.15) is 16.7 Å². The van der Waals surface area contributed by atoms with E-state index in [0.29, 0.717) is 29.8 Å². The number of rotatable bonds is 9. The maximum absolute atomic E-state index is 13.1. The third-order valence-electron chi connectivity index (χ3n) is 5.02. The number of methoxy groups -OCH3 is 2. The third-order valence-corrected chi connectivity index (χ3v) is 6.19. The predicted molar refractivity (Wildman–Crippen MR) is 131 cm³/mol. The average molecular weight is 487 g/mol. The van der Waals surface area contributed by atoms with Crippen molar-refractivity contribution in [2.45, 2.75) is 25.5 Å². The number of anilines is 1. The molecule has 0 saturated carbocycles. The molecule has 10 nitrogen and oxygen atoms in total. The number of benzene rings is 2. The van der Waals surface area contributed by atoms with E-state index >= 15 is 0 Å². The molecule has 34 heavy (non-hydrogen) atoms. The van der Waals surface area contributed by atoms with E-state index in [-0.39, 0.29) is 23.7 Å². The Morgan fingerprint density at radius 2 is 1.91 bits per heavy atom. The van der Waals surface area contributed by atoms with Gasteiger partial charge >= 0.3 is 0 Å². The lowest BCUT2D eigenvalue weighted by molar-refractivity contribution is -0.384. The van der Waals surface area contributed by atoms with E-state index in [2.05, 4.69) is 10.3 Å². The van der Waals surface area contributed by atoms with Gasteiger partial charge in [0.15, 0.2) is 5.17 Å². The smallest absolute Gasteiger partial charge is 0.296 e. The minimum Gasteiger partial charge on any atom is -0.496 e. The monoisotopic (exact) mass is 486 g/mol. The number of hydrogen-bond donors (Lipinski definition) is 1. The number of nitro benzene ring substituents is 1. The highest BCUT2D eigenvalue weighted by molar-refractivity contribution is 8.15. The Morgan fingerprint density at radius 1 is 1.21 bits per heavy atom. The minimum atomic E-state index is -0.709. The summed E-state index contributed by atoms with van der Waals surface area (Å²) >= 11 is 1.20. The van der Waals surface area contributed by atoms with Crippen LogP contribution in [-0.2, 0) is 14.3 Å². The highest BCUT2D eigenvalue weighted by Gasteiger charge is 2.39. The molecule has 1 saturated heterocycles. The van der Waals surface area contributed by atoms with Crippen molar-refractivity contribution >= 4 is 45.8 Å². The number of nitro groups is 1. The van der Waals surface area contributed by atoms with Gasteiger partial charge < -0.3 is 14.8 Å². The number of amides is 2. The van der Waals surface area contributed by atoms with Crippen molar-refractivity contribution in [1.29, 1.82) is 0 Å². The van der Waals surface area contributed by atoms with Crippen molar-refractivity contribution in [3.8, 4) is 5.75 Å². The van der Waals surface area contributed by atoms with Crippen molar-refractivity contribution in [3.05, 3.63) is 57.6 Å². The molecule has 0 bridgehead atoms. The van der Waals surface area contributed by atoms with Crippen molar-refractivity contribution in [2.24, 2.45) is 4.99 Å². The second-order valence-electron chi connectivity index (χ2n) is 7.72. The van der Waals surface area contributed by atoms with Gasteiger partial charge in [-0.15, -0.1) is 0 Å². The quantitative estimate of drug-likeness (QED) is 0.422. The van der Waals surface area contributed by atoms with Crippen LogP contribution in [0.3, 0.4) is 0 Å². The third kappa shape index (κ3) is 6.12. The van der Waals surface area contributed by atoms with Gasteiger partial charge in [-0.25, -0.2) is 4.99 Å². The Hall–Kier alpha value is -3.44. The summed E-state index contributed by atoms with van der Waals surface area (Å²) in [6.45, 7) is 4.55. The Kier molecular flexibility index (Phi) is 8.24. The SMILES string of the molecule is COCCN1C(=O)C(CC(=O)Nc2ccc(OC)cc2[N+](=O)[O-])SC1=Nc1cc(C)cc(C)c1. The largest absolute Gasteiger partial charge is 0.496 e. The van der Waals surface area contributed by atoms with E-state index in [1.807, 2.05) is 32.0 Å². The van der Waals surface area contributed by atoms with E-state index in [9.17, 15) is 19.7 Å². The summed E-state index contributed by atoms with van der Waals surface area (Å²) in [7, 11) is 2.94. The van der Waals surface area contributed by atoms with Crippen LogP contribution in [0.5, 0.6) is 5.75 Å². The van der Waals surface area contributed by atoms with E-state index in [1.54, 1.807) is 7.11 Å². The average Bonchev–Trinajstić information content (AvgIpc) is 3.05. The molecule has 2 aromatic rings. The fourth-order valence-corrected chi connectivity index (χ4v) is 4.69. The van der Waals surface area contributed by atoms with Crippen LogP contribution in [0.15, 0.2) is 41.4 Å². The fraction of sp³-hybridized carbons (Fsp3) is 0.348. The van der Waals surface area contributed by atoms with Crippen molar-refractivity contribution in [1.82, 2.24) is 4.90 Å². The zero-order chi connectivity index (χ0) is 24.8. The fourth-order valence-electron chi connectivity index (χ4n) is 3.50. The lowest BCUT2D eigenvalue weighted by atomic mass is 10.1. The van der Waals surface area contributed by atoms with E-state index in [0.717, 1.165) is 11.1 Å². The standard InChI is InChI=1S/C23H26N4O6S/c1-14-9-15(2)11-16(10-14)24-23-26(7-8-32-3)22(29)20(34-23)13-21(28)25-18-6-5-17(33-4)12-19(18)27(30)31/h5-6,9-12,20H,7-8,13H2,1-4H3,(H,25,28). The topological polar surface area (TPSA) is 123 Å². The molecular formula is C23H26N4O6S. The van der Waals surface area contributed by atoms with Gasteiger partial charge in [-0.1, -0.05) is 17.8 Å². The molecule has 1 aliphatic rings. The van der Waals surface area contributed by atoms with Gasteiger partial charge in [-0.2, -0.15) is 0 Å². The molecule has 180 valence electrons. The summed E-state index contributed by atoms with van der Waals surface area (Å²) in [6, 6.07) is 10.0. The van der Waals surface area contributed by atoms with Crippen molar-refractivity contribution in [3.63, 3.8) is 0 Å². The molecule has 2 aromatic carbocycles. The highest BCUT2D eigenvalue weighted by Crippen LogP contribution is 2.33. The van der Waals surface area contributed by atoms with Gasteiger partial charge in [-0.3, -0.25) is 24.6 Å². The number of nitrogens with one attached hydrogen (secondary N) is 1. The molecule has 1 N–H and O–H groups in total. The first-order valence-electron chi connectivity index (χ1n) is 10.5. The first kappa shape index (κ1) is 25.2. The van der Waals surface area contributed by atoms with Crippen molar-refractivity contribution < 1.29 is 24.0 Å². The number of aryl methyl sites for hydroxylation is 2. The summed E-state index contributed by atoms with van der Waals surface area (Å²) in [4.78, 5) is 42.7. The van der Waals surface area contributed by atoms with Crippen LogP contribution in [0.4, 0.5) is 17.1 Å². The van der Waals surface area contributed by atoms with Gasteiger partial charge in [0.25, 0.3) is 5.69 Å². The lowest BCUT2D eigenvalue weighted by Crippen LogP contribution is -2.35. The van der Waals surface area contributed by atoms with Crippen LogP contribution in [0.2, 0.25) is 0 Å². The van der Waals surface area contributed by atoms with E-state index < -0.39 is 16.1 Å². The van der Waals surface area contributed by atoms with Crippen LogP contribution in [-0.4, -0.2) is 59.4 Å². The van der Waals surface area contributed by atoms with Crippen LogP contribution in [0, 0.1) is 24.0 Å². The number of carbonyl (C=O) groups excluding carboxylic acids is 2. The number of carbonyl (C=O) groups is 2. The Balaban J connectivity index is 1.79. The number of hydrogen-bond acceptors (Lipinski definition) is 8. The molecular weight excluding hydrogens is 460 g/mol. The Bertz CT molecular complexity index is 1120. The minimum absolute atomic E-state index is 0.0339. The first-order chi connectivity index (χ1) is 16.2. The molecule has 3 rings (SSSR count). The van der Waals surface area contributed by atoms with Gasteiger partial charge in [0.05, 0.1) is 36.9 Å². The zero-order valence-corrected chi connectivity index (χ0v) is 20.2. The van der Waals surface area contributed by atoms with Crippen LogP contribution < -0.4 is 10.1 Å². The number of aliphatic imine (C=N–C) groups is 1. The van der Waals surface area contributed by atoms with Crippen molar-refractivity contribution in [2.75, 3.05) is 32.7 Å². The number of thioether (sulfide) groups is 1. The molecule has 1 heterocycles. The second-order valence-corrected chi connectivity index (χ2v) is 8.89. The summed E-state index contributed by atoms with van der Waals surface area (Å²) in [5, 5.41) is 13.7. The number of ether oxygens (including phenoxy) is 2. The normalized spacial score (nSPS) is 16.7. The Labute approximate surface area is 201 Å². The zero-order valence-electron chi connectivity index (χ0n) is 19.4. The Morgan fingerprint density at radius 3 is 2.53 bits per heavy atom. The molecule has 0 radical (unpaired) electrons. The highest BCUT2D eigenvalue weighted by atomic mass is 32.2. The van der Waals surface area contributed by atoms with Gasteiger partial charge in [0, 0.05) is 13.5 Å². The van der Waals surface area contributed by atoms with E-state index in [4.69, 9.17) is 9.47 Å². The molecule has 1 fully saturated rings. The summed E-state index contributed by atoms with van der Waals surface area (Å²) in [6.07, 6.45) is -0.165. The number of nitrogens with zero attached hydrogens (tertiary/aromatic N) is 3. The molecule has 1 aliphatic heterocycles. The van der Waals surface area contributed by atoms with Gasteiger partial charge in [-0.05, 0) is 49.2 Å². The van der Waals surface area contributed by atoms with Gasteiger partial charge in [0.2, 0.25) is 11.8 Å². The lowest BCUT2D eigenvalue weighted by Gasteiger charge is -2.16. The molecule has 1 atom stereocenters. The van der Waals surface area contributed by atoms with Crippen LogP contribution in [0.1, 0.15) is 17.5 Å². The van der Waals surface area contributed by atoms with E-state index in [1.165, 1.54) is 42.0 Å². The molecule has 1 unspecified atom stereocenters. The molecule has 0 aliphatic carbocycles. The summed E-state index contributed by atoms with van der Waals surface area (Å²) in [5.74, 6) is -0.477. The predicted octanol–water partition coefficient (Wildman–Crippen LogP) is 3.83. The first-order valence-corrected chi connectivity index (χ1v) is 11.4. The molecule has 2 amide bonds.